The van der Waals surface area contributed by atoms with Crippen LogP contribution in [0.25, 0.3) is 0 Å². The Bertz CT molecular complexity index is 332. The van der Waals surface area contributed by atoms with Gasteiger partial charge in [-0.15, -0.1) is 0 Å². The minimum atomic E-state index is -0.239. The largest absolute Gasteiger partial charge is 0.370 e. The van der Waals surface area contributed by atoms with Gasteiger partial charge in [-0.1, -0.05) is 41.9 Å². The second kappa shape index (κ2) is 5.31. The average Bonchev–Trinajstić information content (AvgIpc) is 2.15. The van der Waals surface area contributed by atoms with Crippen LogP contribution in [0.4, 0.5) is 0 Å². The van der Waals surface area contributed by atoms with Crippen LogP contribution in [0.2, 0.25) is 0 Å². The number of nitrogens with two attached hydrogens (primary N) is 1. The summed E-state index contributed by atoms with van der Waals surface area (Å²) < 4.78 is 1.05. The van der Waals surface area contributed by atoms with Crippen molar-refractivity contribution in [1.82, 2.24) is 0 Å². The summed E-state index contributed by atoms with van der Waals surface area (Å²) in [4.78, 5) is 11.0. The van der Waals surface area contributed by atoms with Crippen molar-refractivity contribution in [3.8, 4) is 0 Å². The Morgan fingerprint density at radius 1 is 1.33 bits per heavy atom. The van der Waals surface area contributed by atoms with Crippen LogP contribution >= 0.6 is 15.9 Å². The summed E-state index contributed by atoms with van der Waals surface area (Å²) in [6, 6.07) is 8.06. The molecule has 0 aliphatic heterocycles. The smallest absolute Gasteiger partial charge is 0.218 e. The lowest BCUT2D eigenvalue weighted by Gasteiger charge is -2.19. The maximum absolute atomic E-state index is 11.0. The van der Waals surface area contributed by atoms with Gasteiger partial charge < -0.3 is 5.73 Å². The highest BCUT2D eigenvalue weighted by atomic mass is 79.9. The lowest BCUT2D eigenvalue weighted by atomic mass is 9.86. The minimum absolute atomic E-state index is 0.218. The van der Waals surface area contributed by atoms with Gasteiger partial charge in [0.25, 0.3) is 0 Å². The van der Waals surface area contributed by atoms with E-state index in [1.807, 2.05) is 24.3 Å². The number of halogens is 1. The second-order valence-corrected chi connectivity index (χ2v) is 4.99. The Morgan fingerprint density at radius 3 is 2.27 bits per heavy atom. The van der Waals surface area contributed by atoms with Crippen LogP contribution in [-0.4, -0.2) is 5.91 Å². The predicted octanol–water partition coefficient (Wildman–Crippen LogP) is 3.06. The van der Waals surface area contributed by atoms with E-state index in [4.69, 9.17) is 5.73 Å². The van der Waals surface area contributed by atoms with Crippen molar-refractivity contribution in [2.75, 3.05) is 0 Å². The molecule has 0 aliphatic carbocycles. The number of hydrogen-bond acceptors (Lipinski definition) is 1. The van der Waals surface area contributed by atoms with Gasteiger partial charge in [0.2, 0.25) is 5.91 Å². The second-order valence-electron chi connectivity index (χ2n) is 4.07. The van der Waals surface area contributed by atoms with Crippen LogP contribution in [0.3, 0.4) is 0 Å². The van der Waals surface area contributed by atoms with Crippen molar-refractivity contribution < 1.29 is 4.79 Å². The zero-order chi connectivity index (χ0) is 11.4. The van der Waals surface area contributed by atoms with E-state index in [9.17, 15) is 4.79 Å². The minimum Gasteiger partial charge on any atom is -0.370 e. The molecule has 0 aromatic heterocycles. The highest BCUT2D eigenvalue weighted by molar-refractivity contribution is 9.10. The quantitative estimate of drug-likeness (QED) is 0.897. The first kappa shape index (κ1) is 12.2. The Balaban J connectivity index is 2.88. The van der Waals surface area contributed by atoms with Gasteiger partial charge in [-0.05, 0) is 29.5 Å². The van der Waals surface area contributed by atoms with Crippen molar-refractivity contribution in [2.24, 2.45) is 11.7 Å². The van der Waals surface area contributed by atoms with Gasteiger partial charge in [-0.3, -0.25) is 4.79 Å². The van der Waals surface area contributed by atoms with E-state index in [1.54, 1.807) is 0 Å². The van der Waals surface area contributed by atoms with Crippen LogP contribution in [0.5, 0.6) is 0 Å². The van der Waals surface area contributed by atoms with Gasteiger partial charge in [0.1, 0.15) is 0 Å². The van der Waals surface area contributed by atoms with Crippen molar-refractivity contribution in [1.29, 1.82) is 0 Å². The van der Waals surface area contributed by atoms with Gasteiger partial charge in [-0.25, -0.2) is 0 Å². The third-order valence-electron chi connectivity index (χ3n) is 2.52. The van der Waals surface area contributed by atoms with E-state index >= 15 is 0 Å². The number of rotatable bonds is 4. The van der Waals surface area contributed by atoms with Crippen LogP contribution in [0, 0.1) is 5.92 Å². The molecule has 2 nitrogen and oxygen atoms in total. The van der Waals surface area contributed by atoms with E-state index < -0.39 is 0 Å². The Hall–Kier alpha value is -0.830. The molecule has 0 saturated carbocycles. The summed E-state index contributed by atoms with van der Waals surface area (Å²) in [5.41, 5.74) is 6.42. The Morgan fingerprint density at radius 2 is 1.87 bits per heavy atom. The van der Waals surface area contributed by atoms with Crippen molar-refractivity contribution in [3.05, 3.63) is 34.3 Å². The average molecular weight is 270 g/mol. The molecule has 0 aliphatic rings. The first-order valence-corrected chi connectivity index (χ1v) is 5.83. The SMILES string of the molecule is CC(C)C(CC(N)=O)c1ccc(Br)cc1. The molecule has 1 aromatic carbocycles. The summed E-state index contributed by atoms with van der Waals surface area (Å²) in [6.07, 6.45) is 0.416. The standard InChI is InChI=1S/C12H16BrNO/c1-8(2)11(7-12(14)15)9-3-5-10(13)6-4-9/h3-6,8,11H,7H2,1-2H3,(H2,14,15). The number of hydrogen-bond donors (Lipinski definition) is 1. The van der Waals surface area contributed by atoms with E-state index in [1.165, 1.54) is 5.56 Å². The number of carbonyl (C=O) groups excluding carboxylic acids is 1. The summed E-state index contributed by atoms with van der Waals surface area (Å²) in [6.45, 7) is 4.21. The van der Waals surface area contributed by atoms with Crippen molar-refractivity contribution in [2.45, 2.75) is 26.2 Å². The van der Waals surface area contributed by atoms with E-state index in [2.05, 4.69) is 29.8 Å². The lowest BCUT2D eigenvalue weighted by Crippen LogP contribution is -2.18. The molecule has 0 bridgehead atoms. The molecule has 1 amide bonds. The summed E-state index contributed by atoms with van der Waals surface area (Å²) >= 11 is 3.39. The molecule has 0 fully saturated rings. The highest BCUT2D eigenvalue weighted by Crippen LogP contribution is 2.28. The third-order valence-corrected chi connectivity index (χ3v) is 3.05. The van der Waals surface area contributed by atoms with Crippen molar-refractivity contribution in [3.63, 3.8) is 0 Å². The molecular weight excluding hydrogens is 254 g/mol. The van der Waals surface area contributed by atoms with Gasteiger partial charge in [0, 0.05) is 10.9 Å². The maximum atomic E-state index is 11.0. The van der Waals surface area contributed by atoms with Gasteiger partial charge in [0.15, 0.2) is 0 Å². The summed E-state index contributed by atoms with van der Waals surface area (Å²) in [7, 11) is 0. The van der Waals surface area contributed by atoms with Gasteiger partial charge in [-0.2, -0.15) is 0 Å². The number of amides is 1. The molecule has 1 atom stereocenters. The van der Waals surface area contributed by atoms with Crippen molar-refractivity contribution >= 4 is 21.8 Å². The number of primary amides is 1. The Kier molecular flexibility index (Phi) is 4.33. The van der Waals surface area contributed by atoms with Crippen LogP contribution in [-0.2, 0) is 4.79 Å². The monoisotopic (exact) mass is 269 g/mol. The molecule has 1 rings (SSSR count). The van der Waals surface area contributed by atoms with E-state index in [-0.39, 0.29) is 11.8 Å². The fraction of sp³-hybridized carbons (Fsp3) is 0.417. The van der Waals surface area contributed by atoms with Crippen LogP contribution < -0.4 is 5.73 Å². The van der Waals surface area contributed by atoms with E-state index in [0.29, 0.717) is 12.3 Å². The normalized spacial score (nSPS) is 12.8. The molecule has 82 valence electrons. The first-order valence-electron chi connectivity index (χ1n) is 5.04. The fourth-order valence-electron chi connectivity index (χ4n) is 1.67. The molecule has 15 heavy (non-hydrogen) atoms. The molecular formula is C12H16BrNO. The summed E-state index contributed by atoms with van der Waals surface area (Å²) in [5.74, 6) is 0.394. The summed E-state index contributed by atoms with van der Waals surface area (Å²) in [5, 5.41) is 0. The number of carbonyl (C=O) groups is 1. The molecule has 1 unspecified atom stereocenters. The van der Waals surface area contributed by atoms with Crippen LogP contribution in [0.15, 0.2) is 28.7 Å². The highest BCUT2D eigenvalue weighted by Gasteiger charge is 2.17. The maximum Gasteiger partial charge on any atom is 0.218 e. The van der Waals surface area contributed by atoms with Crippen LogP contribution in [0.1, 0.15) is 31.7 Å². The number of benzene rings is 1. The topological polar surface area (TPSA) is 43.1 Å². The lowest BCUT2D eigenvalue weighted by molar-refractivity contribution is -0.118. The zero-order valence-electron chi connectivity index (χ0n) is 9.03. The third kappa shape index (κ3) is 3.67. The molecule has 3 heteroatoms. The predicted molar refractivity (Wildman–Crippen MR) is 65.5 cm³/mol. The molecule has 2 N–H and O–H groups in total. The molecule has 0 spiro atoms. The zero-order valence-corrected chi connectivity index (χ0v) is 10.6. The molecule has 0 radical (unpaired) electrons. The molecule has 1 aromatic rings. The Labute approximate surface area is 99.0 Å². The molecule has 0 saturated heterocycles. The fourth-order valence-corrected chi connectivity index (χ4v) is 1.93. The first-order chi connectivity index (χ1) is 7.00. The van der Waals surface area contributed by atoms with E-state index in [0.717, 1.165) is 4.47 Å². The van der Waals surface area contributed by atoms with Gasteiger partial charge >= 0.3 is 0 Å². The molecule has 0 heterocycles. The van der Waals surface area contributed by atoms with Gasteiger partial charge in [0.05, 0.1) is 0 Å².